The zero-order chi connectivity index (χ0) is 22.4. The normalized spacial score (nSPS) is 11.2. The third kappa shape index (κ3) is 5.66. The summed E-state index contributed by atoms with van der Waals surface area (Å²) in [5, 5.41) is 3.16. The van der Waals surface area contributed by atoms with Gasteiger partial charge in [0.15, 0.2) is 10.1 Å². The van der Waals surface area contributed by atoms with E-state index in [1.165, 1.54) is 24.3 Å². The molecule has 0 saturated carbocycles. The van der Waals surface area contributed by atoms with Crippen LogP contribution >= 0.6 is 23.4 Å². The van der Waals surface area contributed by atoms with Crippen molar-refractivity contribution in [3.8, 4) is 5.75 Å². The fourth-order valence-corrected chi connectivity index (χ4v) is 4.57. The third-order valence-corrected chi connectivity index (χ3v) is 6.95. The highest BCUT2D eigenvalue weighted by Gasteiger charge is 2.22. The van der Waals surface area contributed by atoms with Crippen molar-refractivity contribution >= 4 is 44.8 Å². The Labute approximate surface area is 187 Å². The quantitative estimate of drug-likeness (QED) is 0.375. The summed E-state index contributed by atoms with van der Waals surface area (Å²) in [4.78, 5) is 30.3. The number of nitrogens with zero attached hydrogens (tertiary/aromatic N) is 1. The lowest BCUT2D eigenvalue weighted by Gasteiger charge is -2.08. The van der Waals surface area contributed by atoms with E-state index in [9.17, 15) is 18.0 Å². The first-order valence-electron chi connectivity index (χ1n) is 9.05. The van der Waals surface area contributed by atoms with E-state index in [0.717, 1.165) is 18.0 Å². The van der Waals surface area contributed by atoms with Crippen LogP contribution in [0.25, 0.3) is 0 Å². The van der Waals surface area contributed by atoms with Gasteiger partial charge in [-0.2, -0.15) is 0 Å². The van der Waals surface area contributed by atoms with Gasteiger partial charge in [-0.25, -0.2) is 13.4 Å². The van der Waals surface area contributed by atoms with Crippen molar-refractivity contribution in [3.63, 3.8) is 0 Å². The number of amides is 1. The first kappa shape index (κ1) is 22.9. The Morgan fingerprint density at radius 2 is 1.90 bits per heavy atom. The van der Waals surface area contributed by atoms with E-state index >= 15 is 0 Å². The summed E-state index contributed by atoms with van der Waals surface area (Å²) in [5.74, 6) is 0.112. The fraction of sp³-hybridized carbons (Fsp3) is 0.150. The Bertz CT molecular complexity index is 1240. The number of rotatable bonds is 8. The van der Waals surface area contributed by atoms with E-state index in [0.29, 0.717) is 23.1 Å². The minimum absolute atomic E-state index is 0.0530. The van der Waals surface area contributed by atoms with E-state index in [2.05, 4.69) is 15.3 Å². The van der Waals surface area contributed by atoms with Crippen LogP contribution in [0.15, 0.2) is 74.5 Å². The maximum absolute atomic E-state index is 12.8. The second-order valence-corrected chi connectivity index (χ2v) is 9.40. The predicted molar refractivity (Wildman–Crippen MR) is 119 cm³/mol. The zero-order valence-corrected chi connectivity index (χ0v) is 18.7. The van der Waals surface area contributed by atoms with Crippen LogP contribution in [0.3, 0.4) is 0 Å². The van der Waals surface area contributed by atoms with Crippen LogP contribution in [0, 0.1) is 0 Å². The summed E-state index contributed by atoms with van der Waals surface area (Å²) in [6, 6.07) is 12.5. The molecule has 0 aliphatic rings. The molecule has 0 fully saturated rings. The Morgan fingerprint density at radius 1 is 1.19 bits per heavy atom. The van der Waals surface area contributed by atoms with Gasteiger partial charge in [0, 0.05) is 0 Å². The Hall–Kier alpha value is -2.82. The lowest BCUT2D eigenvalue weighted by Crippen LogP contribution is -2.20. The van der Waals surface area contributed by atoms with Crippen LogP contribution in [0.5, 0.6) is 5.75 Å². The fourth-order valence-electron chi connectivity index (χ4n) is 2.52. The minimum Gasteiger partial charge on any atom is -0.494 e. The molecule has 8 nitrogen and oxygen atoms in total. The average Bonchev–Trinajstić information content (AvgIpc) is 2.74. The number of nitrogens with one attached hydrogen (secondary N) is 2. The van der Waals surface area contributed by atoms with Gasteiger partial charge in [-0.1, -0.05) is 35.5 Å². The topological polar surface area (TPSA) is 118 Å². The van der Waals surface area contributed by atoms with Crippen molar-refractivity contribution in [2.45, 2.75) is 21.9 Å². The number of hydrogen-bond acceptors (Lipinski definition) is 7. The Kier molecular flexibility index (Phi) is 7.37. The number of benzene rings is 2. The molecular weight excluding hydrogens is 462 g/mol. The SMILES string of the molecule is CCOc1ccc(S(=O)(=O)c2cnc(SCC(=O)Nc3ccccc3Cl)[nH]c2=O)cc1. The lowest BCUT2D eigenvalue weighted by molar-refractivity contribution is -0.113. The molecule has 2 N–H and O–H groups in total. The molecule has 0 radical (unpaired) electrons. The molecule has 0 bridgehead atoms. The highest BCUT2D eigenvalue weighted by atomic mass is 35.5. The van der Waals surface area contributed by atoms with Gasteiger partial charge in [-0.05, 0) is 43.3 Å². The Morgan fingerprint density at radius 3 is 2.55 bits per heavy atom. The molecule has 0 aliphatic heterocycles. The number of sulfone groups is 1. The molecule has 31 heavy (non-hydrogen) atoms. The van der Waals surface area contributed by atoms with Gasteiger partial charge < -0.3 is 15.0 Å². The van der Waals surface area contributed by atoms with Gasteiger partial charge in [0.05, 0.1) is 34.2 Å². The molecule has 1 aromatic heterocycles. The second kappa shape index (κ2) is 9.99. The van der Waals surface area contributed by atoms with Crippen LogP contribution in [-0.4, -0.2) is 36.7 Å². The van der Waals surface area contributed by atoms with Gasteiger partial charge in [-0.15, -0.1) is 0 Å². The molecule has 3 aromatic rings. The number of carbonyl (C=O) groups is 1. The van der Waals surface area contributed by atoms with Crippen LogP contribution in [-0.2, 0) is 14.6 Å². The van der Waals surface area contributed by atoms with Crippen molar-refractivity contribution in [3.05, 3.63) is 70.1 Å². The highest BCUT2D eigenvalue weighted by Crippen LogP contribution is 2.23. The number of thioether (sulfide) groups is 1. The van der Waals surface area contributed by atoms with E-state index in [1.807, 2.05) is 6.92 Å². The molecule has 0 atom stereocenters. The molecular formula is C20H18ClN3O5S2. The van der Waals surface area contributed by atoms with Gasteiger partial charge >= 0.3 is 0 Å². The summed E-state index contributed by atoms with van der Waals surface area (Å²) in [6.07, 6.45) is 0.985. The number of aromatic nitrogens is 2. The number of anilines is 1. The van der Waals surface area contributed by atoms with Gasteiger partial charge in [-0.3, -0.25) is 9.59 Å². The van der Waals surface area contributed by atoms with Crippen molar-refractivity contribution in [1.29, 1.82) is 0 Å². The predicted octanol–water partition coefficient (Wildman–Crippen LogP) is 3.39. The minimum atomic E-state index is -4.06. The smallest absolute Gasteiger partial charge is 0.270 e. The number of hydrogen-bond donors (Lipinski definition) is 2. The summed E-state index contributed by atoms with van der Waals surface area (Å²) >= 11 is 6.95. The monoisotopic (exact) mass is 479 g/mol. The van der Waals surface area contributed by atoms with Gasteiger partial charge in [0.2, 0.25) is 15.7 Å². The molecule has 0 spiro atoms. The number of carbonyl (C=O) groups excluding carboxylic acids is 1. The molecule has 0 saturated heterocycles. The molecule has 1 heterocycles. The van der Waals surface area contributed by atoms with Crippen LogP contribution < -0.4 is 15.6 Å². The zero-order valence-electron chi connectivity index (χ0n) is 16.3. The first-order chi connectivity index (χ1) is 14.8. The summed E-state index contributed by atoms with van der Waals surface area (Å²) < 4.78 is 30.8. The van der Waals surface area contributed by atoms with Gasteiger partial charge in [0.1, 0.15) is 5.75 Å². The number of aromatic amines is 1. The molecule has 0 aliphatic carbocycles. The molecule has 0 unspecified atom stereocenters. The maximum Gasteiger partial charge on any atom is 0.270 e. The molecule has 2 aromatic carbocycles. The van der Waals surface area contributed by atoms with Crippen molar-refractivity contribution < 1.29 is 17.9 Å². The van der Waals surface area contributed by atoms with Gasteiger partial charge in [0.25, 0.3) is 5.56 Å². The number of ether oxygens (including phenoxy) is 1. The van der Waals surface area contributed by atoms with Crippen LogP contribution in [0.4, 0.5) is 5.69 Å². The Balaban J connectivity index is 1.70. The van der Waals surface area contributed by atoms with Crippen LogP contribution in [0.2, 0.25) is 5.02 Å². The number of halogens is 1. The largest absolute Gasteiger partial charge is 0.494 e. The van der Waals surface area contributed by atoms with Crippen molar-refractivity contribution in [2.75, 3.05) is 17.7 Å². The maximum atomic E-state index is 12.8. The number of para-hydroxylation sites is 1. The summed E-state index contributed by atoms with van der Waals surface area (Å²) in [6.45, 7) is 2.26. The van der Waals surface area contributed by atoms with E-state index in [1.54, 1.807) is 24.3 Å². The highest BCUT2D eigenvalue weighted by molar-refractivity contribution is 7.99. The van der Waals surface area contributed by atoms with Crippen molar-refractivity contribution in [1.82, 2.24) is 9.97 Å². The first-order valence-corrected chi connectivity index (χ1v) is 11.9. The number of H-pyrrole nitrogens is 1. The van der Waals surface area contributed by atoms with E-state index in [-0.39, 0.29) is 21.7 Å². The summed E-state index contributed by atoms with van der Waals surface area (Å²) in [7, 11) is -4.06. The van der Waals surface area contributed by atoms with E-state index < -0.39 is 20.3 Å². The average molecular weight is 480 g/mol. The van der Waals surface area contributed by atoms with Crippen LogP contribution in [0.1, 0.15) is 6.92 Å². The molecule has 3 rings (SSSR count). The molecule has 162 valence electrons. The summed E-state index contributed by atoms with van der Waals surface area (Å²) in [5.41, 5.74) is -0.356. The molecule has 1 amide bonds. The second-order valence-electron chi connectivity index (χ2n) is 6.11. The third-order valence-electron chi connectivity index (χ3n) is 3.97. The van der Waals surface area contributed by atoms with E-state index in [4.69, 9.17) is 16.3 Å². The van der Waals surface area contributed by atoms with Crippen molar-refractivity contribution in [2.24, 2.45) is 0 Å². The molecule has 11 heteroatoms. The lowest BCUT2D eigenvalue weighted by atomic mass is 10.3. The standard InChI is InChI=1S/C20H18ClN3O5S2/c1-2-29-13-7-9-14(10-8-13)31(27,28)17-11-22-20(24-19(17)26)30-12-18(25)23-16-6-4-3-5-15(16)21/h3-11H,2,12H2,1H3,(H,23,25)(H,22,24,26).